The maximum atomic E-state index is 13.0. The number of urea groups is 1. The molecule has 9 heteroatoms. The Bertz CT molecular complexity index is 1100. The predicted molar refractivity (Wildman–Crippen MR) is 125 cm³/mol. The largest absolute Gasteiger partial charge is 0.496 e. The van der Waals surface area contributed by atoms with E-state index in [-0.39, 0.29) is 12.2 Å². The Morgan fingerprint density at radius 2 is 1.75 bits per heavy atom. The number of benzene rings is 2. The Labute approximate surface area is 196 Å². The lowest BCUT2D eigenvalue weighted by atomic mass is 10.1. The van der Waals surface area contributed by atoms with Crippen molar-refractivity contribution in [3.05, 3.63) is 57.2 Å². The van der Waals surface area contributed by atoms with E-state index in [2.05, 4.69) is 10.2 Å². The molecule has 2 fully saturated rings. The van der Waals surface area contributed by atoms with Crippen LogP contribution in [0.5, 0.6) is 11.5 Å². The molecule has 0 aromatic heterocycles. The van der Waals surface area contributed by atoms with Crippen LogP contribution in [0.2, 0.25) is 10.0 Å². The Morgan fingerprint density at radius 3 is 2.41 bits per heavy atom. The Balaban J connectivity index is 1.63. The highest BCUT2D eigenvalue weighted by Crippen LogP contribution is 2.38. The third-order valence-corrected chi connectivity index (χ3v) is 6.17. The van der Waals surface area contributed by atoms with Crippen molar-refractivity contribution >= 4 is 46.9 Å². The first kappa shape index (κ1) is 22.3. The number of imide groups is 1. The molecule has 168 valence electrons. The van der Waals surface area contributed by atoms with Gasteiger partial charge in [0.2, 0.25) is 0 Å². The Morgan fingerprint density at radius 1 is 1.03 bits per heavy atom. The van der Waals surface area contributed by atoms with E-state index in [9.17, 15) is 9.59 Å². The number of anilines is 1. The van der Waals surface area contributed by atoms with E-state index in [1.54, 1.807) is 38.5 Å². The van der Waals surface area contributed by atoms with Gasteiger partial charge in [0.25, 0.3) is 5.91 Å². The maximum absolute atomic E-state index is 13.0. The molecule has 1 N–H and O–H groups in total. The first-order valence-corrected chi connectivity index (χ1v) is 11.0. The Hall–Kier alpha value is -2.90. The molecule has 2 aromatic carbocycles. The average Bonchev–Trinajstić information content (AvgIpc) is 3.39. The molecule has 0 spiro atoms. The second kappa shape index (κ2) is 9.30. The van der Waals surface area contributed by atoms with Crippen LogP contribution in [0.3, 0.4) is 0 Å². The molecule has 32 heavy (non-hydrogen) atoms. The van der Waals surface area contributed by atoms with Gasteiger partial charge in [-0.2, -0.15) is 0 Å². The van der Waals surface area contributed by atoms with Crippen LogP contribution in [0.15, 0.2) is 36.0 Å². The number of carbonyl (C=O) groups excluding carboxylic acids is 2. The summed E-state index contributed by atoms with van der Waals surface area (Å²) in [7, 11) is 3.18. The van der Waals surface area contributed by atoms with E-state index >= 15 is 0 Å². The van der Waals surface area contributed by atoms with Crippen LogP contribution in [0.4, 0.5) is 10.5 Å². The minimum absolute atomic E-state index is 0.0341. The van der Waals surface area contributed by atoms with E-state index < -0.39 is 11.9 Å². The van der Waals surface area contributed by atoms with Gasteiger partial charge >= 0.3 is 6.03 Å². The number of ether oxygens (including phenoxy) is 2. The summed E-state index contributed by atoms with van der Waals surface area (Å²) in [5.41, 5.74) is 2.34. The number of rotatable bonds is 6. The molecule has 0 unspecified atom stereocenters. The van der Waals surface area contributed by atoms with Crippen molar-refractivity contribution in [2.24, 2.45) is 0 Å². The van der Waals surface area contributed by atoms with Crippen LogP contribution < -0.4 is 19.7 Å². The molecule has 4 rings (SSSR count). The number of hydrogen-bond acceptors (Lipinski definition) is 5. The van der Waals surface area contributed by atoms with Crippen molar-refractivity contribution in [3.8, 4) is 11.5 Å². The molecule has 0 atom stereocenters. The van der Waals surface area contributed by atoms with Crippen molar-refractivity contribution in [2.75, 3.05) is 32.2 Å². The smallest absolute Gasteiger partial charge is 0.329 e. The van der Waals surface area contributed by atoms with Gasteiger partial charge in [0.15, 0.2) is 0 Å². The number of nitrogens with one attached hydrogen (secondary N) is 1. The van der Waals surface area contributed by atoms with E-state index in [0.29, 0.717) is 32.7 Å². The van der Waals surface area contributed by atoms with Gasteiger partial charge in [0.05, 0.1) is 26.5 Å². The second-order valence-electron chi connectivity index (χ2n) is 7.58. The summed E-state index contributed by atoms with van der Waals surface area (Å²) in [4.78, 5) is 28.8. The van der Waals surface area contributed by atoms with Crippen molar-refractivity contribution in [3.63, 3.8) is 0 Å². The van der Waals surface area contributed by atoms with Gasteiger partial charge < -0.3 is 19.7 Å². The molecule has 2 aliphatic heterocycles. The first-order valence-electron chi connectivity index (χ1n) is 10.2. The van der Waals surface area contributed by atoms with E-state index in [4.69, 9.17) is 32.7 Å². The van der Waals surface area contributed by atoms with Crippen LogP contribution in [0.1, 0.15) is 24.0 Å². The Kier molecular flexibility index (Phi) is 6.48. The van der Waals surface area contributed by atoms with Gasteiger partial charge in [-0.1, -0.05) is 29.3 Å². The van der Waals surface area contributed by atoms with Crippen molar-refractivity contribution < 1.29 is 19.1 Å². The van der Waals surface area contributed by atoms with Crippen molar-refractivity contribution in [2.45, 2.75) is 19.4 Å². The zero-order valence-electron chi connectivity index (χ0n) is 17.8. The van der Waals surface area contributed by atoms with Crippen molar-refractivity contribution in [1.29, 1.82) is 0 Å². The number of methoxy groups -OCH3 is 2. The molecule has 0 radical (unpaired) electrons. The number of carbonyl (C=O) groups is 2. The summed E-state index contributed by atoms with van der Waals surface area (Å²) in [6, 6.07) is 8.13. The quantitative estimate of drug-likeness (QED) is 0.484. The molecular weight excluding hydrogens is 453 g/mol. The van der Waals surface area contributed by atoms with Crippen molar-refractivity contribution in [1.82, 2.24) is 10.2 Å². The fourth-order valence-corrected chi connectivity index (χ4v) is 4.38. The summed E-state index contributed by atoms with van der Waals surface area (Å²) in [6.07, 6.45) is 3.86. The first-order chi connectivity index (χ1) is 15.4. The summed E-state index contributed by atoms with van der Waals surface area (Å²) in [6.45, 7) is 1.94. The highest BCUT2D eigenvalue weighted by molar-refractivity contribution is 6.35. The zero-order chi connectivity index (χ0) is 22.8. The number of halogens is 2. The number of hydrogen-bond donors (Lipinski definition) is 1. The average molecular weight is 476 g/mol. The summed E-state index contributed by atoms with van der Waals surface area (Å²) in [5.74, 6) is 0.813. The van der Waals surface area contributed by atoms with Crippen LogP contribution in [0.25, 0.3) is 6.08 Å². The summed E-state index contributed by atoms with van der Waals surface area (Å²) in [5, 5.41) is 3.50. The van der Waals surface area contributed by atoms with Crippen LogP contribution in [0, 0.1) is 0 Å². The third-order valence-electron chi connectivity index (χ3n) is 5.58. The lowest BCUT2D eigenvalue weighted by Gasteiger charge is -2.22. The minimum atomic E-state index is -0.521. The normalized spacial score (nSPS) is 17.3. The molecule has 2 aliphatic rings. The number of amides is 3. The molecule has 7 nitrogen and oxygen atoms in total. The highest BCUT2D eigenvalue weighted by atomic mass is 35.5. The van der Waals surface area contributed by atoms with Crippen LogP contribution in [-0.4, -0.2) is 44.1 Å². The third kappa shape index (κ3) is 4.36. The molecule has 0 bridgehead atoms. The topological polar surface area (TPSA) is 71.1 Å². The fraction of sp³-hybridized carbons (Fsp3) is 0.304. The molecule has 0 saturated carbocycles. The molecule has 2 heterocycles. The standard InChI is InChI=1S/C23H23Cl2N3O4/c1-31-20-12-19(27-7-3-4-8-27)21(32-2)10-15(20)9-18-22(29)28(23(30)26-18)13-14-5-6-16(24)11-17(14)25/h5-6,9-12H,3-4,7-8,13H2,1-2H3,(H,26,30). The molecule has 3 amide bonds. The molecule has 2 saturated heterocycles. The molecule has 0 aliphatic carbocycles. The zero-order valence-corrected chi connectivity index (χ0v) is 19.3. The van der Waals surface area contributed by atoms with E-state index in [0.717, 1.165) is 36.5 Å². The lowest BCUT2D eigenvalue weighted by molar-refractivity contribution is -0.123. The summed E-state index contributed by atoms with van der Waals surface area (Å²) < 4.78 is 11.2. The minimum Gasteiger partial charge on any atom is -0.496 e. The molecular formula is C23H23Cl2N3O4. The molecule has 2 aromatic rings. The van der Waals surface area contributed by atoms with Crippen LogP contribution >= 0.6 is 23.2 Å². The monoisotopic (exact) mass is 475 g/mol. The SMILES string of the molecule is COc1cc(N2CCCC2)c(OC)cc1C=C1NC(=O)N(Cc2ccc(Cl)cc2Cl)C1=O. The van der Waals surface area contributed by atoms with Gasteiger partial charge in [-0.15, -0.1) is 0 Å². The van der Waals surface area contributed by atoms with Gasteiger partial charge in [-0.3, -0.25) is 9.69 Å². The predicted octanol–water partition coefficient (Wildman–Crippen LogP) is 4.70. The lowest BCUT2D eigenvalue weighted by Crippen LogP contribution is -2.30. The van der Waals surface area contributed by atoms with E-state index in [1.807, 2.05) is 12.1 Å². The van der Waals surface area contributed by atoms with Gasteiger partial charge in [-0.25, -0.2) is 4.79 Å². The maximum Gasteiger partial charge on any atom is 0.329 e. The number of nitrogens with zero attached hydrogens (tertiary/aromatic N) is 2. The van der Waals surface area contributed by atoms with Gasteiger partial charge in [0.1, 0.15) is 17.2 Å². The van der Waals surface area contributed by atoms with Gasteiger partial charge in [-0.05, 0) is 42.7 Å². The van der Waals surface area contributed by atoms with Crippen LogP contribution in [-0.2, 0) is 11.3 Å². The highest BCUT2D eigenvalue weighted by Gasteiger charge is 2.34. The second-order valence-corrected chi connectivity index (χ2v) is 8.42. The van der Waals surface area contributed by atoms with E-state index in [1.165, 1.54) is 0 Å². The fourth-order valence-electron chi connectivity index (χ4n) is 3.91. The van der Waals surface area contributed by atoms with Gasteiger partial charge in [0, 0.05) is 34.8 Å². The summed E-state index contributed by atoms with van der Waals surface area (Å²) >= 11 is 12.1.